The summed E-state index contributed by atoms with van der Waals surface area (Å²) in [5.41, 5.74) is 0.0000926. The number of hydrogen-bond acceptors (Lipinski definition) is 2. The number of piperidine rings is 1. The average molecular weight is 185 g/mol. The lowest BCUT2D eigenvalue weighted by Crippen LogP contribution is -2.42. The van der Waals surface area contributed by atoms with Crippen LogP contribution >= 0.6 is 0 Å². The molecule has 0 radical (unpaired) electrons. The second kappa shape index (κ2) is 4.09. The van der Waals surface area contributed by atoms with Gasteiger partial charge in [0.05, 0.1) is 6.42 Å². The fourth-order valence-electron chi connectivity index (χ4n) is 2.21. The summed E-state index contributed by atoms with van der Waals surface area (Å²) in [5.74, 6) is -0.666. The summed E-state index contributed by atoms with van der Waals surface area (Å²) in [6, 6.07) is 0. The van der Waals surface area contributed by atoms with Gasteiger partial charge in [-0.15, -0.1) is 0 Å². The minimum atomic E-state index is -0.666. The maximum absolute atomic E-state index is 10.6. The van der Waals surface area contributed by atoms with Crippen LogP contribution in [0.5, 0.6) is 0 Å². The standard InChI is InChI=1S/C10H19NO2/c1-3-11-6-4-5-10(2,8-11)7-9(12)13/h3-8H2,1-2H3,(H,12,13). The Labute approximate surface area is 79.7 Å². The van der Waals surface area contributed by atoms with Gasteiger partial charge in [-0.3, -0.25) is 4.79 Å². The molecule has 1 saturated heterocycles. The molecule has 0 aromatic heterocycles. The molecule has 0 saturated carbocycles. The molecule has 3 heteroatoms. The molecule has 0 bridgehead atoms. The molecule has 0 amide bonds. The van der Waals surface area contributed by atoms with Crippen molar-refractivity contribution in [2.45, 2.75) is 33.1 Å². The average Bonchev–Trinajstić information content (AvgIpc) is 2.02. The van der Waals surface area contributed by atoms with Crippen LogP contribution in [-0.2, 0) is 4.79 Å². The lowest BCUT2D eigenvalue weighted by atomic mass is 9.79. The maximum atomic E-state index is 10.6. The van der Waals surface area contributed by atoms with Crippen LogP contribution in [0.1, 0.15) is 33.1 Å². The normalized spacial score (nSPS) is 30.3. The van der Waals surface area contributed by atoms with Crippen LogP contribution in [0.25, 0.3) is 0 Å². The molecule has 1 heterocycles. The number of aliphatic carboxylic acids is 1. The van der Waals surface area contributed by atoms with E-state index < -0.39 is 5.97 Å². The van der Waals surface area contributed by atoms with Crippen molar-refractivity contribution in [1.82, 2.24) is 4.90 Å². The van der Waals surface area contributed by atoms with Crippen LogP contribution < -0.4 is 0 Å². The third-order valence-electron chi connectivity index (χ3n) is 2.89. The SMILES string of the molecule is CCN1CCCC(C)(CC(=O)O)C1. The molecule has 1 unspecified atom stereocenters. The van der Waals surface area contributed by atoms with E-state index >= 15 is 0 Å². The molecule has 13 heavy (non-hydrogen) atoms. The minimum absolute atomic E-state index is 0.0000926. The Morgan fingerprint density at radius 2 is 2.31 bits per heavy atom. The van der Waals surface area contributed by atoms with E-state index in [1.54, 1.807) is 0 Å². The topological polar surface area (TPSA) is 40.5 Å². The third-order valence-corrected chi connectivity index (χ3v) is 2.89. The number of carbonyl (C=O) groups is 1. The summed E-state index contributed by atoms with van der Waals surface area (Å²) >= 11 is 0. The first-order valence-corrected chi connectivity index (χ1v) is 5.00. The largest absolute Gasteiger partial charge is 0.481 e. The van der Waals surface area contributed by atoms with Crippen molar-refractivity contribution in [3.63, 3.8) is 0 Å². The molecular formula is C10H19NO2. The second-order valence-electron chi connectivity index (χ2n) is 4.35. The predicted octanol–water partition coefficient (Wildman–Crippen LogP) is 1.58. The monoisotopic (exact) mass is 185 g/mol. The first-order valence-electron chi connectivity index (χ1n) is 5.00. The van der Waals surface area contributed by atoms with Gasteiger partial charge in [-0.1, -0.05) is 13.8 Å². The van der Waals surface area contributed by atoms with Crippen molar-refractivity contribution < 1.29 is 9.90 Å². The minimum Gasteiger partial charge on any atom is -0.481 e. The summed E-state index contributed by atoms with van der Waals surface area (Å²) in [6.07, 6.45) is 2.50. The molecule has 0 aromatic rings. The molecule has 3 nitrogen and oxygen atoms in total. The van der Waals surface area contributed by atoms with E-state index in [0.717, 1.165) is 32.5 Å². The van der Waals surface area contributed by atoms with Gasteiger partial charge in [0.1, 0.15) is 0 Å². The van der Waals surface area contributed by atoms with Crippen molar-refractivity contribution in [3.8, 4) is 0 Å². The Morgan fingerprint density at radius 1 is 1.62 bits per heavy atom. The number of likely N-dealkylation sites (tertiary alicyclic amines) is 1. The van der Waals surface area contributed by atoms with Gasteiger partial charge in [0.2, 0.25) is 0 Å². The summed E-state index contributed by atoms with van der Waals surface area (Å²) < 4.78 is 0. The van der Waals surface area contributed by atoms with E-state index in [9.17, 15) is 4.79 Å². The maximum Gasteiger partial charge on any atom is 0.303 e. The molecular weight excluding hydrogens is 166 g/mol. The molecule has 76 valence electrons. The molecule has 0 aliphatic carbocycles. The Kier molecular flexibility index (Phi) is 3.31. The fraction of sp³-hybridized carbons (Fsp3) is 0.900. The highest BCUT2D eigenvalue weighted by Crippen LogP contribution is 2.32. The Hall–Kier alpha value is -0.570. The van der Waals surface area contributed by atoms with Crippen molar-refractivity contribution in [1.29, 1.82) is 0 Å². The van der Waals surface area contributed by atoms with Crippen molar-refractivity contribution >= 4 is 5.97 Å². The first-order chi connectivity index (χ1) is 6.06. The Morgan fingerprint density at radius 3 is 2.85 bits per heavy atom. The van der Waals surface area contributed by atoms with Gasteiger partial charge in [-0.25, -0.2) is 0 Å². The zero-order chi connectivity index (χ0) is 9.90. The Balaban J connectivity index is 2.51. The van der Waals surface area contributed by atoms with Gasteiger partial charge in [-0.2, -0.15) is 0 Å². The van der Waals surface area contributed by atoms with Crippen molar-refractivity contribution in [2.75, 3.05) is 19.6 Å². The van der Waals surface area contributed by atoms with E-state index in [0.29, 0.717) is 6.42 Å². The highest BCUT2D eigenvalue weighted by molar-refractivity contribution is 5.67. The van der Waals surface area contributed by atoms with Crippen molar-refractivity contribution in [3.05, 3.63) is 0 Å². The van der Waals surface area contributed by atoms with Crippen LogP contribution in [0.4, 0.5) is 0 Å². The highest BCUT2D eigenvalue weighted by atomic mass is 16.4. The first kappa shape index (κ1) is 10.5. The molecule has 1 rings (SSSR count). The highest BCUT2D eigenvalue weighted by Gasteiger charge is 2.32. The Bertz CT molecular complexity index is 193. The molecule has 0 spiro atoms. The summed E-state index contributed by atoms with van der Waals surface area (Å²) in [4.78, 5) is 13.0. The predicted molar refractivity (Wildman–Crippen MR) is 51.7 cm³/mol. The lowest BCUT2D eigenvalue weighted by molar-refractivity contribution is -0.140. The smallest absolute Gasteiger partial charge is 0.303 e. The van der Waals surface area contributed by atoms with E-state index in [1.165, 1.54) is 0 Å². The number of nitrogens with zero attached hydrogens (tertiary/aromatic N) is 1. The lowest BCUT2D eigenvalue weighted by Gasteiger charge is -2.39. The van der Waals surface area contributed by atoms with Gasteiger partial charge in [0.15, 0.2) is 0 Å². The van der Waals surface area contributed by atoms with Crippen molar-refractivity contribution in [2.24, 2.45) is 5.41 Å². The summed E-state index contributed by atoms with van der Waals surface area (Å²) in [6.45, 7) is 7.33. The van der Waals surface area contributed by atoms with Gasteiger partial charge in [0, 0.05) is 6.54 Å². The van der Waals surface area contributed by atoms with Crippen LogP contribution in [0.2, 0.25) is 0 Å². The summed E-state index contributed by atoms with van der Waals surface area (Å²) in [7, 11) is 0. The molecule has 1 fully saturated rings. The number of carboxylic acid groups (broad SMARTS) is 1. The molecule has 1 atom stereocenters. The summed E-state index contributed by atoms with van der Waals surface area (Å²) in [5, 5.41) is 8.77. The van der Waals surface area contributed by atoms with Crippen LogP contribution in [-0.4, -0.2) is 35.6 Å². The van der Waals surface area contributed by atoms with Crippen LogP contribution in [0.15, 0.2) is 0 Å². The zero-order valence-corrected chi connectivity index (χ0v) is 8.55. The molecule has 1 N–H and O–H groups in total. The van der Waals surface area contributed by atoms with Crippen LogP contribution in [0, 0.1) is 5.41 Å². The quantitative estimate of drug-likeness (QED) is 0.725. The number of rotatable bonds is 3. The zero-order valence-electron chi connectivity index (χ0n) is 8.55. The molecule has 1 aliphatic heterocycles. The van der Waals surface area contributed by atoms with Gasteiger partial charge >= 0.3 is 5.97 Å². The van der Waals surface area contributed by atoms with E-state index in [1.807, 2.05) is 0 Å². The van der Waals surface area contributed by atoms with E-state index in [-0.39, 0.29) is 5.41 Å². The van der Waals surface area contributed by atoms with Gasteiger partial charge in [-0.05, 0) is 31.3 Å². The van der Waals surface area contributed by atoms with E-state index in [2.05, 4.69) is 18.7 Å². The van der Waals surface area contributed by atoms with Crippen LogP contribution in [0.3, 0.4) is 0 Å². The molecule has 1 aliphatic rings. The second-order valence-corrected chi connectivity index (χ2v) is 4.35. The third kappa shape index (κ3) is 2.99. The number of carboxylic acids is 1. The van der Waals surface area contributed by atoms with E-state index in [4.69, 9.17) is 5.11 Å². The molecule has 0 aromatic carbocycles. The van der Waals surface area contributed by atoms with Gasteiger partial charge < -0.3 is 10.0 Å². The fourth-order valence-corrected chi connectivity index (χ4v) is 2.21. The number of hydrogen-bond donors (Lipinski definition) is 1. The van der Waals surface area contributed by atoms with Gasteiger partial charge in [0.25, 0.3) is 0 Å².